The first-order valence-electron chi connectivity index (χ1n) is 24.9. The summed E-state index contributed by atoms with van der Waals surface area (Å²) < 4.78 is 11.9. The van der Waals surface area contributed by atoms with Crippen molar-refractivity contribution in [3.63, 3.8) is 0 Å². The first-order chi connectivity index (χ1) is 37.2. The second-order valence-corrected chi connectivity index (χ2v) is 22.3. The normalized spacial score (nSPS) is 12.0. The summed E-state index contributed by atoms with van der Waals surface area (Å²) in [7, 11) is 0. The van der Waals surface area contributed by atoms with Gasteiger partial charge in [0.25, 0.3) is 0 Å². The van der Waals surface area contributed by atoms with Gasteiger partial charge in [0.1, 0.15) is 6.07 Å². The third kappa shape index (κ3) is 5.83. The third-order valence-corrected chi connectivity index (χ3v) is 18.9. The van der Waals surface area contributed by atoms with Crippen LogP contribution in [0.25, 0.3) is 154 Å². The molecule has 7 heteroatoms. The van der Waals surface area contributed by atoms with Crippen LogP contribution in [0.15, 0.2) is 218 Å². The molecule has 0 unspecified atom stereocenters. The standard InChI is InChI=1S/C68H36N4S3/c1-70-60-57(40-21-7-3-8-22-40)52(38-69)61(71-53-29-15-11-25-42(53)51-37-50(39-19-5-2-6-20-39)59-49-28-14-18-32-56(49)75-68(59)64(51)71)58(41-23-9-4-10-24-41)65(60)72-62-45(33-35-47-43-26-12-16-30-54(43)73-66(47)62)46-34-36-48-44-27-13-17-31-55(44)74-67(48)63(46)72/h2-37H. The molecule has 0 N–H and O–H groups in total. The van der Waals surface area contributed by atoms with Crippen molar-refractivity contribution in [3.8, 4) is 50.8 Å². The van der Waals surface area contributed by atoms with E-state index in [-0.39, 0.29) is 0 Å². The highest BCUT2D eigenvalue weighted by Gasteiger charge is 2.34. The monoisotopic (exact) mass is 1000 g/mol. The highest BCUT2D eigenvalue weighted by Crippen LogP contribution is 2.56. The van der Waals surface area contributed by atoms with Crippen molar-refractivity contribution in [2.24, 2.45) is 0 Å². The number of para-hydroxylation sites is 1. The van der Waals surface area contributed by atoms with Crippen molar-refractivity contribution in [1.82, 2.24) is 9.13 Å². The number of hydrogen-bond donors (Lipinski definition) is 0. The number of hydrogen-bond acceptors (Lipinski definition) is 4. The van der Waals surface area contributed by atoms with Crippen LogP contribution >= 0.6 is 34.0 Å². The Hall–Kier alpha value is -9.34. The maximum Gasteiger partial charge on any atom is 0.220 e. The van der Waals surface area contributed by atoms with Gasteiger partial charge in [0.05, 0.1) is 59.7 Å². The Kier molecular flexibility index (Phi) is 9.05. The fourth-order valence-corrected chi connectivity index (χ4v) is 16.1. The van der Waals surface area contributed by atoms with E-state index in [1.807, 2.05) is 18.2 Å². The van der Waals surface area contributed by atoms with E-state index >= 15 is 0 Å². The molecule has 0 atom stereocenters. The average molecular weight is 1010 g/mol. The molecule has 11 aromatic carbocycles. The van der Waals surface area contributed by atoms with Gasteiger partial charge in [-0.2, -0.15) is 5.26 Å². The van der Waals surface area contributed by atoms with E-state index in [1.165, 1.54) is 52.0 Å². The van der Waals surface area contributed by atoms with E-state index in [0.717, 1.165) is 91.3 Å². The SMILES string of the molecule is [C-]#[N+]c1c(-c2ccccc2)c(C#N)c(-n2c3ccccc3c3cc(-c4ccccc4)c4c5ccccc5sc4c32)c(-c2ccccc2)c1-n1c2c(ccc3c4ccccc4sc32)c2ccc3c4ccccc4sc3c21. The molecule has 0 aliphatic carbocycles. The molecular formula is C68H36N4S3. The smallest absolute Gasteiger partial charge is 0.220 e. The summed E-state index contributed by atoms with van der Waals surface area (Å²) in [4.78, 5) is 4.71. The number of thiophene rings is 3. The number of rotatable bonds is 5. The molecule has 0 amide bonds. The van der Waals surface area contributed by atoms with E-state index in [0.29, 0.717) is 16.8 Å². The van der Waals surface area contributed by atoms with Crippen molar-refractivity contribution >= 4 is 144 Å². The molecule has 0 saturated heterocycles. The van der Waals surface area contributed by atoms with Crippen molar-refractivity contribution in [1.29, 1.82) is 5.26 Å². The second kappa shape index (κ2) is 16.1. The van der Waals surface area contributed by atoms with Crippen LogP contribution in [0.5, 0.6) is 0 Å². The number of aromatic nitrogens is 2. The molecule has 0 aliphatic rings. The van der Waals surface area contributed by atoms with Gasteiger partial charge in [-0.15, -0.1) is 34.0 Å². The van der Waals surface area contributed by atoms with E-state index in [1.54, 1.807) is 34.0 Å². The molecule has 16 rings (SSSR count). The molecule has 4 nitrogen and oxygen atoms in total. The lowest BCUT2D eigenvalue weighted by molar-refractivity contribution is 1.14. The van der Waals surface area contributed by atoms with Crippen LogP contribution in [0.4, 0.5) is 5.69 Å². The minimum atomic E-state index is 0.425. The Labute approximate surface area is 441 Å². The molecule has 5 heterocycles. The van der Waals surface area contributed by atoms with Gasteiger partial charge in [0.15, 0.2) is 0 Å². The van der Waals surface area contributed by atoms with E-state index in [2.05, 4.69) is 215 Å². The minimum absolute atomic E-state index is 0.425. The van der Waals surface area contributed by atoms with E-state index in [9.17, 15) is 11.8 Å². The first kappa shape index (κ1) is 42.2. The summed E-state index contributed by atoms with van der Waals surface area (Å²) in [5, 5.41) is 23.8. The fraction of sp³-hybridized carbons (Fsp3) is 0. The van der Waals surface area contributed by atoms with Crippen molar-refractivity contribution in [2.75, 3.05) is 0 Å². The molecular weight excluding hydrogens is 969 g/mol. The zero-order valence-electron chi connectivity index (χ0n) is 39.8. The quantitative estimate of drug-likeness (QED) is 0.158. The number of benzene rings is 11. The predicted molar refractivity (Wildman–Crippen MR) is 321 cm³/mol. The molecule has 5 aromatic heterocycles. The van der Waals surface area contributed by atoms with Gasteiger partial charge < -0.3 is 9.13 Å². The molecule has 0 radical (unpaired) electrons. The van der Waals surface area contributed by atoms with Crippen molar-refractivity contribution in [3.05, 3.63) is 235 Å². The second-order valence-electron chi connectivity index (χ2n) is 19.2. The molecule has 0 spiro atoms. The lowest BCUT2D eigenvalue weighted by atomic mass is 9.88. The molecule has 0 fully saturated rings. The number of nitriles is 1. The van der Waals surface area contributed by atoms with Gasteiger partial charge in [-0.3, -0.25) is 0 Å². The first-order valence-corrected chi connectivity index (χ1v) is 27.4. The van der Waals surface area contributed by atoms with Crippen LogP contribution in [0.1, 0.15) is 5.56 Å². The summed E-state index contributed by atoms with van der Waals surface area (Å²) in [5.74, 6) is 0. The average Bonchev–Trinajstić information content (AvgIpc) is 4.43. The lowest BCUT2D eigenvalue weighted by Gasteiger charge is -2.26. The summed E-state index contributed by atoms with van der Waals surface area (Å²) in [6.45, 7) is 9.61. The van der Waals surface area contributed by atoms with Crippen LogP contribution in [-0.2, 0) is 0 Å². The van der Waals surface area contributed by atoms with E-state index in [4.69, 9.17) is 4.85 Å². The van der Waals surface area contributed by atoms with Crippen LogP contribution in [-0.4, -0.2) is 9.13 Å². The third-order valence-electron chi connectivity index (χ3n) is 15.4. The van der Waals surface area contributed by atoms with Crippen LogP contribution in [0.3, 0.4) is 0 Å². The summed E-state index contributed by atoms with van der Waals surface area (Å²) >= 11 is 5.42. The Morgan fingerprint density at radius 2 is 0.840 bits per heavy atom. The van der Waals surface area contributed by atoms with Crippen LogP contribution in [0, 0.1) is 17.9 Å². The zero-order valence-corrected chi connectivity index (χ0v) is 42.2. The van der Waals surface area contributed by atoms with Gasteiger partial charge in [0.2, 0.25) is 5.69 Å². The van der Waals surface area contributed by atoms with Crippen molar-refractivity contribution < 1.29 is 0 Å². The highest BCUT2D eigenvalue weighted by molar-refractivity contribution is 7.27. The van der Waals surface area contributed by atoms with Crippen LogP contribution in [0.2, 0.25) is 0 Å². The molecule has 0 aliphatic heterocycles. The highest BCUT2D eigenvalue weighted by atomic mass is 32.1. The van der Waals surface area contributed by atoms with Gasteiger partial charge in [-0.25, -0.2) is 4.85 Å². The Morgan fingerprint density at radius 3 is 1.41 bits per heavy atom. The summed E-state index contributed by atoms with van der Waals surface area (Å²) in [5.41, 5.74) is 11.9. The lowest BCUT2D eigenvalue weighted by Crippen LogP contribution is -2.09. The number of nitrogens with zero attached hydrogens (tertiary/aromatic N) is 4. The Bertz CT molecular complexity index is 5070. The van der Waals surface area contributed by atoms with Gasteiger partial charge in [-0.1, -0.05) is 188 Å². The summed E-state index contributed by atoms with van der Waals surface area (Å²) in [6, 6.07) is 80.7. The summed E-state index contributed by atoms with van der Waals surface area (Å²) in [6.07, 6.45) is 0. The molecule has 0 bridgehead atoms. The number of fused-ring (bicyclic) bond motifs is 18. The fourth-order valence-electron chi connectivity index (χ4n) is 12.3. The van der Waals surface area contributed by atoms with Crippen LogP contribution < -0.4 is 0 Å². The molecule has 0 saturated carbocycles. The predicted octanol–water partition coefficient (Wildman–Crippen LogP) is 20.4. The van der Waals surface area contributed by atoms with Gasteiger partial charge >= 0.3 is 0 Å². The maximum absolute atomic E-state index is 12.3. The molecule has 16 aromatic rings. The van der Waals surface area contributed by atoms with Gasteiger partial charge in [0, 0.05) is 79.1 Å². The topological polar surface area (TPSA) is 38.0 Å². The maximum atomic E-state index is 12.3. The van der Waals surface area contributed by atoms with E-state index < -0.39 is 0 Å². The molecule has 75 heavy (non-hydrogen) atoms. The minimum Gasteiger partial charge on any atom is -0.316 e. The molecule has 346 valence electrons. The largest absolute Gasteiger partial charge is 0.316 e. The zero-order chi connectivity index (χ0) is 49.5. The Morgan fingerprint density at radius 1 is 0.387 bits per heavy atom. The van der Waals surface area contributed by atoms with Gasteiger partial charge in [-0.05, 0) is 52.6 Å². The van der Waals surface area contributed by atoms with Crippen molar-refractivity contribution in [2.45, 2.75) is 0 Å². The Balaban J connectivity index is 1.21.